The minimum absolute atomic E-state index is 0.167. The number of rotatable bonds is 4. The van der Waals surface area contributed by atoms with Crippen molar-refractivity contribution in [3.8, 4) is 0 Å². The molecule has 1 aromatic heterocycles. The number of hydrogen-bond donors (Lipinski definition) is 2. The maximum Gasteiger partial charge on any atom is 0.337 e. The Hall–Kier alpha value is -2.38. The predicted octanol–water partition coefficient (Wildman–Crippen LogP) is 3.51. The van der Waals surface area contributed by atoms with E-state index in [1.807, 2.05) is 17.5 Å². The number of nitrogens with zero attached hydrogens (tertiary/aromatic N) is 1. The fraction of sp³-hybridized carbons (Fsp3) is 0.368. The SMILES string of the molecule is COC(=O)c1cccc(NC(=O)N2CCC(C(O)c3cccs3)CC2)c1. The number of anilines is 1. The summed E-state index contributed by atoms with van der Waals surface area (Å²) in [6.45, 7) is 1.19. The molecule has 0 saturated carbocycles. The van der Waals surface area contributed by atoms with Gasteiger partial charge in [-0.2, -0.15) is 0 Å². The van der Waals surface area contributed by atoms with Gasteiger partial charge < -0.3 is 20.1 Å². The highest BCUT2D eigenvalue weighted by atomic mass is 32.1. The summed E-state index contributed by atoms with van der Waals surface area (Å²) in [6, 6.07) is 10.4. The number of carbonyl (C=O) groups is 2. The fourth-order valence-corrected chi connectivity index (χ4v) is 3.96. The number of urea groups is 1. The van der Waals surface area contributed by atoms with Gasteiger partial charge in [0, 0.05) is 23.7 Å². The van der Waals surface area contributed by atoms with E-state index in [0.29, 0.717) is 24.3 Å². The summed E-state index contributed by atoms with van der Waals surface area (Å²) in [7, 11) is 1.32. The number of aliphatic hydroxyl groups excluding tert-OH is 1. The first kappa shape index (κ1) is 18.4. The number of methoxy groups -OCH3 is 1. The number of aliphatic hydroxyl groups is 1. The van der Waals surface area contributed by atoms with Crippen molar-refractivity contribution in [2.24, 2.45) is 5.92 Å². The van der Waals surface area contributed by atoms with Gasteiger partial charge in [0.1, 0.15) is 0 Å². The molecule has 2 amide bonds. The Bertz CT molecular complexity index is 755. The first-order valence-corrected chi connectivity index (χ1v) is 9.42. The van der Waals surface area contributed by atoms with Gasteiger partial charge in [0.2, 0.25) is 0 Å². The summed E-state index contributed by atoms with van der Waals surface area (Å²) < 4.78 is 4.69. The summed E-state index contributed by atoms with van der Waals surface area (Å²) in [4.78, 5) is 26.8. The molecule has 1 unspecified atom stereocenters. The van der Waals surface area contributed by atoms with Crippen LogP contribution in [0.4, 0.5) is 10.5 Å². The third-order valence-corrected chi connectivity index (χ3v) is 5.59. The topological polar surface area (TPSA) is 78.9 Å². The van der Waals surface area contributed by atoms with Crippen LogP contribution in [0.15, 0.2) is 41.8 Å². The van der Waals surface area contributed by atoms with E-state index in [0.717, 1.165) is 17.7 Å². The van der Waals surface area contributed by atoms with Gasteiger partial charge in [0.25, 0.3) is 0 Å². The van der Waals surface area contributed by atoms with Gasteiger partial charge in [-0.1, -0.05) is 12.1 Å². The number of thiophene rings is 1. The van der Waals surface area contributed by atoms with Gasteiger partial charge >= 0.3 is 12.0 Å². The molecule has 1 saturated heterocycles. The van der Waals surface area contributed by atoms with Gasteiger partial charge in [-0.05, 0) is 48.4 Å². The molecule has 0 radical (unpaired) electrons. The van der Waals surface area contributed by atoms with Crippen molar-refractivity contribution in [1.82, 2.24) is 4.90 Å². The molecule has 2 aromatic rings. The summed E-state index contributed by atoms with van der Waals surface area (Å²) in [6.07, 6.45) is 1.06. The van der Waals surface area contributed by atoms with Gasteiger partial charge in [0.05, 0.1) is 18.8 Å². The van der Waals surface area contributed by atoms with Crippen LogP contribution >= 0.6 is 11.3 Å². The number of benzene rings is 1. The summed E-state index contributed by atoms with van der Waals surface area (Å²) in [5, 5.41) is 15.2. The van der Waals surface area contributed by atoms with Crippen molar-refractivity contribution < 1.29 is 19.4 Å². The van der Waals surface area contributed by atoms with Crippen molar-refractivity contribution in [3.05, 3.63) is 52.2 Å². The predicted molar refractivity (Wildman–Crippen MR) is 100 cm³/mol. The normalized spacial score (nSPS) is 16.2. The molecule has 1 fully saturated rings. The number of hydrogen-bond acceptors (Lipinski definition) is 5. The lowest BCUT2D eigenvalue weighted by Crippen LogP contribution is -2.42. The summed E-state index contributed by atoms with van der Waals surface area (Å²) >= 11 is 1.56. The highest BCUT2D eigenvalue weighted by Gasteiger charge is 2.28. The number of nitrogens with one attached hydrogen (secondary N) is 1. The number of carbonyl (C=O) groups excluding carboxylic acids is 2. The Labute approximate surface area is 156 Å². The monoisotopic (exact) mass is 374 g/mol. The van der Waals surface area contributed by atoms with Gasteiger partial charge in [-0.15, -0.1) is 11.3 Å². The van der Waals surface area contributed by atoms with Crippen LogP contribution in [0.25, 0.3) is 0 Å². The molecule has 26 heavy (non-hydrogen) atoms. The number of amides is 2. The second-order valence-corrected chi connectivity index (χ2v) is 7.27. The molecular formula is C19H22N2O4S. The first-order valence-electron chi connectivity index (χ1n) is 8.54. The van der Waals surface area contributed by atoms with Crippen molar-refractivity contribution in [2.45, 2.75) is 18.9 Å². The molecule has 1 aromatic carbocycles. The smallest absolute Gasteiger partial charge is 0.337 e. The molecule has 7 heteroatoms. The standard InChI is InChI=1S/C19H22N2O4S/c1-25-18(23)14-4-2-5-15(12-14)20-19(24)21-9-7-13(8-10-21)17(22)16-6-3-11-26-16/h2-6,11-13,17,22H,7-10H2,1H3,(H,20,24). The minimum atomic E-state index is -0.461. The lowest BCUT2D eigenvalue weighted by molar-refractivity contribution is 0.0600. The van der Waals surface area contributed by atoms with Gasteiger partial charge in [-0.25, -0.2) is 9.59 Å². The van der Waals surface area contributed by atoms with Crippen LogP contribution in [-0.2, 0) is 4.74 Å². The van der Waals surface area contributed by atoms with Crippen molar-refractivity contribution in [1.29, 1.82) is 0 Å². The number of esters is 1. The fourth-order valence-electron chi connectivity index (χ4n) is 3.15. The molecule has 0 bridgehead atoms. The van der Waals surface area contributed by atoms with E-state index >= 15 is 0 Å². The average molecular weight is 374 g/mol. The summed E-state index contributed by atoms with van der Waals surface area (Å²) in [5.74, 6) is -0.273. The largest absolute Gasteiger partial charge is 0.465 e. The number of likely N-dealkylation sites (tertiary alicyclic amines) is 1. The average Bonchev–Trinajstić information content (AvgIpc) is 3.22. The summed E-state index contributed by atoms with van der Waals surface area (Å²) in [5.41, 5.74) is 0.946. The second-order valence-electron chi connectivity index (χ2n) is 6.29. The van der Waals surface area contributed by atoms with Crippen LogP contribution in [0.1, 0.15) is 34.2 Å². The van der Waals surface area contributed by atoms with Crippen LogP contribution in [0.5, 0.6) is 0 Å². The van der Waals surface area contributed by atoms with E-state index in [1.165, 1.54) is 7.11 Å². The molecule has 2 heterocycles. The highest BCUT2D eigenvalue weighted by Crippen LogP contribution is 2.33. The van der Waals surface area contributed by atoms with E-state index in [2.05, 4.69) is 5.32 Å². The lowest BCUT2D eigenvalue weighted by atomic mass is 9.90. The Kier molecular flexibility index (Phi) is 5.90. The van der Waals surface area contributed by atoms with Crippen molar-refractivity contribution in [2.75, 3.05) is 25.5 Å². The molecule has 138 valence electrons. The third kappa shape index (κ3) is 4.23. The molecule has 2 N–H and O–H groups in total. The second kappa shape index (κ2) is 8.33. The minimum Gasteiger partial charge on any atom is -0.465 e. The van der Waals surface area contributed by atoms with E-state index in [-0.39, 0.29) is 11.9 Å². The zero-order chi connectivity index (χ0) is 18.5. The molecule has 3 rings (SSSR count). The van der Waals surface area contributed by atoms with Crippen LogP contribution in [0, 0.1) is 5.92 Å². The molecule has 1 aliphatic rings. The van der Waals surface area contributed by atoms with Gasteiger partial charge in [-0.3, -0.25) is 0 Å². The number of piperidine rings is 1. The van der Waals surface area contributed by atoms with Crippen molar-refractivity contribution >= 4 is 29.0 Å². The first-order chi connectivity index (χ1) is 12.6. The van der Waals surface area contributed by atoms with Crippen LogP contribution < -0.4 is 5.32 Å². The van der Waals surface area contributed by atoms with Crippen LogP contribution in [-0.4, -0.2) is 42.2 Å². The van der Waals surface area contributed by atoms with E-state index in [4.69, 9.17) is 4.74 Å². The molecule has 1 atom stereocenters. The lowest BCUT2D eigenvalue weighted by Gasteiger charge is -2.34. The maximum atomic E-state index is 12.5. The molecule has 0 spiro atoms. The van der Waals surface area contributed by atoms with Crippen LogP contribution in [0.2, 0.25) is 0 Å². The number of ether oxygens (including phenoxy) is 1. The van der Waals surface area contributed by atoms with Crippen molar-refractivity contribution in [3.63, 3.8) is 0 Å². The van der Waals surface area contributed by atoms with E-state index in [1.54, 1.807) is 40.5 Å². The zero-order valence-electron chi connectivity index (χ0n) is 14.6. The molecule has 6 nitrogen and oxygen atoms in total. The van der Waals surface area contributed by atoms with Crippen LogP contribution in [0.3, 0.4) is 0 Å². The van der Waals surface area contributed by atoms with Gasteiger partial charge in [0.15, 0.2) is 0 Å². The molecule has 1 aliphatic heterocycles. The Morgan fingerprint density at radius 1 is 1.27 bits per heavy atom. The molecular weight excluding hydrogens is 352 g/mol. The molecule has 0 aliphatic carbocycles. The maximum absolute atomic E-state index is 12.5. The Morgan fingerprint density at radius 3 is 2.69 bits per heavy atom. The Morgan fingerprint density at radius 2 is 2.04 bits per heavy atom. The third-order valence-electron chi connectivity index (χ3n) is 4.64. The Balaban J connectivity index is 1.55. The highest BCUT2D eigenvalue weighted by molar-refractivity contribution is 7.10. The quantitative estimate of drug-likeness (QED) is 0.803. The zero-order valence-corrected chi connectivity index (χ0v) is 15.4. The van der Waals surface area contributed by atoms with E-state index < -0.39 is 12.1 Å². The van der Waals surface area contributed by atoms with E-state index in [9.17, 15) is 14.7 Å².